The van der Waals surface area contributed by atoms with Crippen LogP contribution in [0.1, 0.15) is 18.1 Å². The number of nitrogens with zero attached hydrogens (tertiary/aromatic N) is 1. The van der Waals surface area contributed by atoms with Crippen LogP contribution in [0.5, 0.6) is 0 Å². The number of para-hydroxylation sites is 1. The van der Waals surface area contributed by atoms with Gasteiger partial charge in [0, 0.05) is 25.3 Å². The zero-order chi connectivity index (χ0) is 13.1. The molecule has 2 rings (SSSR count). The van der Waals surface area contributed by atoms with Gasteiger partial charge in [-0.15, -0.1) is 0 Å². The van der Waals surface area contributed by atoms with Gasteiger partial charge in [0.05, 0.1) is 0 Å². The Morgan fingerprint density at radius 2 is 2.33 bits per heavy atom. The number of aryl methyl sites for hydroxylation is 2. The first kappa shape index (κ1) is 12.9. The van der Waals surface area contributed by atoms with E-state index in [1.54, 1.807) is 0 Å². The lowest BCUT2D eigenvalue weighted by Crippen LogP contribution is -2.55. The number of nitrogens with one attached hydrogen (secondary N) is 1. The van der Waals surface area contributed by atoms with E-state index in [-0.39, 0.29) is 0 Å². The number of anilines is 1. The number of rotatable bonds is 3. The highest BCUT2D eigenvalue weighted by molar-refractivity contribution is 5.80. The molecule has 1 aromatic carbocycles. The highest BCUT2D eigenvalue weighted by atomic mass is 16.4. The van der Waals surface area contributed by atoms with Crippen molar-refractivity contribution in [1.82, 2.24) is 5.32 Å². The van der Waals surface area contributed by atoms with Crippen LogP contribution in [0, 0.1) is 6.92 Å². The van der Waals surface area contributed by atoms with Gasteiger partial charge in [-0.2, -0.15) is 0 Å². The molecule has 1 aromatic rings. The Morgan fingerprint density at radius 3 is 3.00 bits per heavy atom. The Morgan fingerprint density at radius 1 is 1.56 bits per heavy atom. The number of hydrogen-bond acceptors (Lipinski definition) is 3. The summed E-state index contributed by atoms with van der Waals surface area (Å²) >= 11 is 0. The molecule has 1 aliphatic heterocycles. The summed E-state index contributed by atoms with van der Waals surface area (Å²) in [7, 11) is 0. The van der Waals surface area contributed by atoms with Crippen LogP contribution in [0.3, 0.4) is 0 Å². The van der Waals surface area contributed by atoms with Gasteiger partial charge in [-0.1, -0.05) is 25.1 Å². The number of aliphatic carboxylic acids is 1. The van der Waals surface area contributed by atoms with E-state index in [2.05, 4.69) is 31.3 Å². The number of hydrogen-bond donors (Lipinski definition) is 2. The van der Waals surface area contributed by atoms with Gasteiger partial charge >= 0.3 is 5.97 Å². The van der Waals surface area contributed by atoms with E-state index in [4.69, 9.17) is 0 Å². The van der Waals surface area contributed by atoms with Crippen molar-refractivity contribution in [3.63, 3.8) is 0 Å². The van der Waals surface area contributed by atoms with Crippen molar-refractivity contribution in [2.45, 2.75) is 26.3 Å². The fourth-order valence-electron chi connectivity index (χ4n) is 2.61. The Kier molecular flexibility index (Phi) is 3.87. The number of benzene rings is 1. The topological polar surface area (TPSA) is 52.6 Å². The molecule has 2 N–H and O–H groups in total. The van der Waals surface area contributed by atoms with E-state index < -0.39 is 12.0 Å². The van der Waals surface area contributed by atoms with Gasteiger partial charge in [0.25, 0.3) is 0 Å². The summed E-state index contributed by atoms with van der Waals surface area (Å²) in [5.41, 5.74) is 3.49. The zero-order valence-electron chi connectivity index (χ0n) is 10.9. The predicted octanol–water partition coefficient (Wildman–Crippen LogP) is 1.42. The first-order chi connectivity index (χ1) is 8.65. The summed E-state index contributed by atoms with van der Waals surface area (Å²) in [5.74, 6) is -0.757. The van der Waals surface area contributed by atoms with Gasteiger partial charge in [0.2, 0.25) is 0 Å². The molecular formula is C14H20N2O2. The van der Waals surface area contributed by atoms with Crippen LogP contribution >= 0.6 is 0 Å². The first-order valence-corrected chi connectivity index (χ1v) is 6.43. The molecule has 18 heavy (non-hydrogen) atoms. The molecule has 1 unspecified atom stereocenters. The van der Waals surface area contributed by atoms with E-state index in [1.165, 1.54) is 5.56 Å². The molecule has 0 radical (unpaired) electrons. The summed E-state index contributed by atoms with van der Waals surface area (Å²) in [6.45, 7) is 6.24. The first-order valence-electron chi connectivity index (χ1n) is 6.43. The molecule has 0 spiro atoms. The summed E-state index contributed by atoms with van der Waals surface area (Å²) in [4.78, 5) is 13.4. The minimum Gasteiger partial charge on any atom is -0.480 e. The average molecular weight is 248 g/mol. The third-order valence-corrected chi connectivity index (χ3v) is 3.52. The highest BCUT2D eigenvalue weighted by Gasteiger charge is 2.30. The average Bonchev–Trinajstić information content (AvgIpc) is 2.38. The van der Waals surface area contributed by atoms with Gasteiger partial charge < -0.3 is 15.3 Å². The summed E-state index contributed by atoms with van der Waals surface area (Å²) in [6.07, 6.45) is 0.924. The fourth-order valence-corrected chi connectivity index (χ4v) is 2.61. The summed E-state index contributed by atoms with van der Waals surface area (Å²) < 4.78 is 0. The van der Waals surface area contributed by atoms with Crippen LogP contribution in [-0.2, 0) is 11.2 Å². The Bertz CT molecular complexity index is 445. The van der Waals surface area contributed by atoms with Crippen molar-refractivity contribution < 1.29 is 9.90 Å². The maximum atomic E-state index is 11.4. The van der Waals surface area contributed by atoms with Crippen LogP contribution in [-0.4, -0.2) is 36.8 Å². The number of carboxylic acids is 1. The minimum atomic E-state index is -0.757. The van der Waals surface area contributed by atoms with Crippen molar-refractivity contribution in [3.05, 3.63) is 29.3 Å². The standard InChI is InChI=1S/C14H20N2O2/c1-3-11-6-4-5-10(2)13(11)16-8-7-15-9-12(16)14(17)18/h4-6,12,15H,3,7-9H2,1-2H3,(H,17,18). The van der Waals surface area contributed by atoms with Crippen LogP contribution < -0.4 is 10.2 Å². The molecule has 4 nitrogen and oxygen atoms in total. The number of carbonyl (C=O) groups is 1. The van der Waals surface area contributed by atoms with E-state index in [9.17, 15) is 9.90 Å². The van der Waals surface area contributed by atoms with Crippen molar-refractivity contribution in [1.29, 1.82) is 0 Å². The zero-order valence-corrected chi connectivity index (χ0v) is 10.9. The van der Waals surface area contributed by atoms with Crippen LogP contribution in [0.15, 0.2) is 18.2 Å². The molecule has 0 aliphatic carbocycles. The molecule has 0 aromatic heterocycles. The second-order valence-electron chi connectivity index (χ2n) is 4.69. The normalized spacial score (nSPS) is 19.9. The Labute approximate surface area is 108 Å². The lowest BCUT2D eigenvalue weighted by atomic mass is 10.0. The van der Waals surface area contributed by atoms with Crippen molar-refractivity contribution in [2.24, 2.45) is 0 Å². The molecule has 1 aliphatic rings. The van der Waals surface area contributed by atoms with Crippen LogP contribution in [0.2, 0.25) is 0 Å². The minimum absolute atomic E-state index is 0.467. The SMILES string of the molecule is CCc1cccc(C)c1N1CCNCC1C(=O)O. The molecule has 0 bridgehead atoms. The van der Waals surface area contributed by atoms with Gasteiger partial charge in [0.15, 0.2) is 0 Å². The van der Waals surface area contributed by atoms with Crippen LogP contribution in [0.25, 0.3) is 0 Å². The maximum absolute atomic E-state index is 11.4. The molecule has 0 amide bonds. The smallest absolute Gasteiger partial charge is 0.327 e. The molecule has 1 atom stereocenters. The number of carboxylic acid groups (broad SMARTS) is 1. The fraction of sp³-hybridized carbons (Fsp3) is 0.500. The second kappa shape index (κ2) is 5.40. The molecule has 1 fully saturated rings. The summed E-state index contributed by atoms with van der Waals surface area (Å²) in [5, 5.41) is 12.5. The Balaban J connectivity index is 2.42. The van der Waals surface area contributed by atoms with E-state index in [1.807, 2.05) is 11.0 Å². The second-order valence-corrected chi connectivity index (χ2v) is 4.69. The van der Waals surface area contributed by atoms with E-state index in [0.29, 0.717) is 6.54 Å². The maximum Gasteiger partial charge on any atom is 0.327 e. The van der Waals surface area contributed by atoms with E-state index >= 15 is 0 Å². The van der Waals surface area contributed by atoms with Crippen molar-refractivity contribution in [3.8, 4) is 0 Å². The molecular weight excluding hydrogens is 228 g/mol. The quantitative estimate of drug-likeness (QED) is 0.849. The van der Waals surface area contributed by atoms with Gasteiger partial charge in [-0.05, 0) is 24.5 Å². The third kappa shape index (κ3) is 2.34. The molecule has 1 saturated heterocycles. The van der Waals surface area contributed by atoms with Gasteiger partial charge in [0.1, 0.15) is 6.04 Å². The molecule has 4 heteroatoms. The van der Waals surface area contributed by atoms with Gasteiger partial charge in [-0.3, -0.25) is 0 Å². The number of piperazine rings is 1. The predicted molar refractivity (Wildman–Crippen MR) is 72.2 cm³/mol. The van der Waals surface area contributed by atoms with E-state index in [0.717, 1.165) is 30.8 Å². The largest absolute Gasteiger partial charge is 0.480 e. The molecule has 1 heterocycles. The van der Waals surface area contributed by atoms with Crippen molar-refractivity contribution >= 4 is 11.7 Å². The molecule has 98 valence electrons. The molecule has 0 saturated carbocycles. The van der Waals surface area contributed by atoms with Gasteiger partial charge in [-0.25, -0.2) is 4.79 Å². The summed E-state index contributed by atoms with van der Waals surface area (Å²) in [6, 6.07) is 5.71. The lowest BCUT2D eigenvalue weighted by Gasteiger charge is -2.37. The van der Waals surface area contributed by atoms with Crippen LogP contribution in [0.4, 0.5) is 5.69 Å². The Hall–Kier alpha value is -1.55. The highest BCUT2D eigenvalue weighted by Crippen LogP contribution is 2.28. The third-order valence-electron chi connectivity index (χ3n) is 3.52. The van der Waals surface area contributed by atoms with Crippen molar-refractivity contribution in [2.75, 3.05) is 24.5 Å². The monoisotopic (exact) mass is 248 g/mol. The lowest BCUT2D eigenvalue weighted by molar-refractivity contribution is -0.138.